The van der Waals surface area contributed by atoms with Crippen LogP contribution < -0.4 is 0 Å². The maximum atomic E-state index is 12.1. The number of hydrogen-bond donors (Lipinski definition) is 0. The third-order valence-corrected chi connectivity index (χ3v) is 3.25. The van der Waals surface area contributed by atoms with Gasteiger partial charge in [-0.05, 0) is 19.1 Å². The summed E-state index contributed by atoms with van der Waals surface area (Å²) in [5.41, 5.74) is 0.389. The Kier molecular flexibility index (Phi) is 1.75. The number of amides is 2. The monoisotopic (exact) mass is 226 g/mol. The molecule has 0 N–H and O–H groups in total. The van der Waals surface area contributed by atoms with Crippen molar-refractivity contribution in [1.29, 1.82) is 0 Å². The summed E-state index contributed by atoms with van der Waals surface area (Å²) in [6, 6.07) is 6.81. The van der Waals surface area contributed by atoms with E-state index in [2.05, 4.69) is 5.92 Å². The molecule has 2 heterocycles. The van der Waals surface area contributed by atoms with E-state index in [0.29, 0.717) is 17.7 Å². The van der Waals surface area contributed by atoms with Gasteiger partial charge in [-0.3, -0.25) is 9.59 Å². The van der Waals surface area contributed by atoms with Crippen molar-refractivity contribution in [3.8, 4) is 12.3 Å². The SMILES string of the molecule is C#CC1(C)CN1N1C(=O)c2ccccc2C1=O. The van der Waals surface area contributed by atoms with Gasteiger partial charge in [0, 0.05) is 0 Å². The summed E-state index contributed by atoms with van der Waals surface area (Å²) in [4.78, 5) is 24.2. The number of hydrazine groups is 1. The Morgan fingerprint density at radius 2 is 1.76 bits per heavy atom. The highest BCUT2D eigenvalue weighted by atomic mass is 16.2. The molecule has 4 nitrogen and oxygen atoms in total. The number of carbonyl (C=O) groups excluding carboxylic acids is 2. The van der Waals surface area contributed by atoms with Crippen LogP contribution in [0.15, 0.2) is 24.3 Å². The van der Waals surface area contributed by atoms with Crippen LogP contribution in [0.1, 0.15) is 27.6 Å². The molecule has 2 amide bonds. The molecular formula is C13H10N2O2. The second-order valence-corrected chi connectivity index (χ2v) is 4.44. The van der Waals surface area contributed by atoms with Crippen LogP contribution in [-0.2, 0) is 0 Å². The molecule has 2 unspecified atom stereocenters. The standard InChI is InChI=1S/C13H10N2O2/c1-3-13(2)8-14(13)15-11(16)9-6-4-5-7-10(9)12(15)17/h1,4-7H,8H2,2H3. The number of carbonyl (C=O) groups is 2. The Hall–Kier alpha value is -2.12. The average Bonchev–Trinajstić information content (AvgIpc) is 2.94. The maximum Gasteiger partial charge on any atom is 0.276 e. The van der Waals surface area contributed by atoms with Gasteiger partial charge in [-0.15, -0.1) is 6.42 Å². The van der Waals surface area contributed by atoms with Crippen molar-refractivity contribution < 1.29 is 9.59 Å². The molecule has 2 aliphatic heterocycles. The Balaban J connectivity index is 2.01. The van der Waals surface area contributed by atoms with Gasteiger partial charge in [0.2, 0.25) is 0 Å². The molecule has 0 saturated carbocycles. The summed E-state index contributed by atoms with van der Waals surface area (Å²) in [5.74, 6) is 2.02. The van der Waals surface area contributed by atoms with E-state index in [1.165, 1.54) is 0 Å². The molecule has 0 aliphatic carbocycles. The smallest absolute Gasteiger partial charge is 0.267 e. The third-order valence-electron chi connectivity index (χ3n) is 3.25. The summed E-state index contributed by atoms with van der Waals surface area (Å²) in [7, 11) is 0. The van der Waals surface area contributed by atoms with E-state index in [1.54, 1.807) is 29.3 Å². The first-order chi connectivity index (χ1) is 8.08. The van der Waals surface area contributed by atoms with E-state index in [4.69, 9.17) is 6.42 Å². The van der Waals surface area contributed by atoms with Gasteiger partial charge in [0.1, 0.15) is 5.54 Å². The second-order valence-electron chi connectivity index (χ2n) is 4.44. The summed E-state index contributed by atoms with van der Waals surface area (Å²) < 4.78 is 0. The molecule has 1 saturated heterocycles. The van der Waals surface area contributed by atoms with Crippen molar-refractivity contribution >= 4 is 11.8 Å². The fourth-order valence-electron chi connectivity index (χ4n) is 2.06. The Labute approximate surface area is 98.8 Å². The minimum absolute atomic E-state index is 0.287. The Morgan fingerprint density at radius 3 is 2.18 bits per heavy atom. The molecule has 2 aliphatic rings. The fraction of sp³-hybridized carbons (Fsp3) is 0.231. The van der Waals surface area contributed by atoms with Gasteiger partial charge in [0.05, 0.1) is 17.7 Å². The lowest BCUT2D eigenvalue weighted by molar-refractivity contribution is 0.0350. The van der Waals surface area contributed by atoms with E-state index < -0.39 is 5.54 Å². The van der Waals surface area contributed by atoms with Crippen molar-refractivity contribution in [2.24, 2.45) is 0 Å². The van der Waals surface area contributed by atoms with Gasteiger partial charge in [-0.25, -0.2) is 5.01 Å². The summed E-state index contributed by atoms with van der Waals surface area (Å²) >= 11 is 0. The minimum atomic E-state index is -0.507. The molecule has 1 aromatic rings. The minimum Gasteiger partial charge on any atom is -0.267 e. The predicted molar refractivity (Wildman–Crippen MR) is 60.9 cm³/mol. The van der Waals surface area contributed by atoms with Crippen LogP contribution in [0, 0.1) is 12.3 Å². The molecule has 1 fully saturated rings. The van der Waals surface area contributed by atoms with Gasteiger partial charge in [-0.2, -0.15) is 5.01 Å². The first-order valence-corrected chi connectivity index (χ1v) is 5.31. The second kappa shape index (κ2) is 2.96. The lowest BCUT2D eigenvalue weighted by Crippen LogP contribution is -2.38. The molecular weight excluding hydrogens is 216 g/mol. The van der Waals surface area contributed by atoms with E-state index in [9.17, 15) is 9.59 Å². The van der Waals surface area contributed by atoms with Crippen molar-refractivity contribution in [1.82, 2.24) is 10.0 Å². The number of nitrogens with zero attached hydrogens (tertiary/aromatic N) is 2. The van der Waals surface area contributed by atoms with E-state index in [-0.39, 0.29) is 11.8 Å². The number of benzene rings is 1. The molecule has 2 atom stereocenters. The van der Waals surface area contributed by atoms with Crippen molar-refractivity contribution in [3.63, 3.8) is 0 Å². The Bertz CT molecular complexity index is 552. The van der Waals surface area contributed by atoms with Crippen LogP contribution >= 0.6 is 0 Å². The first kappa shape index (κ1) is 10.1. The van der Waals surface area contributed by atoms with Crippen molar-refractivity contribution in [3.05, 3.63) is 35.4 Å². The molecule has 0 bridgehead atoms. The molecule has 17 heavy (non-hydrogen) atoms. The molecule has 0 radical (unpaired) electrons. The average molecular weight is 226 g/mol. The summed E-state index contributed by atoms with van der Waals surface area (Å²) in [6.07, 6.45) is 5.38. The fourth-order valence-corrected chi connectivity index (χ4v) is 2.06. The number of fused-ring (bicyclic) bond motifs is 1. The highest BCUT2D eigenvalue weighted by Crippen LogP contribution is 2.37. The highest BCUT2D eigenvalue weighted by molar-refractivity contribution is 6.21. The zero-order valence-electron chi connectivity index (χ0n) is 9.30. The number of hydrogen-bond acceptors (Lipinski definition) is 3. The van der Waals surface area contributed by atoms with Crippen LogP contribution in [-0.4, -0.2) is 33.9 Å². The highest BCUT2D eigenvalue weighted by Gasteiger charge is 2.56. The zero-order valence-corrected chi connectivity index (χ0v) is 9.30. The van der Waals surface area contributed by atoms with Crippen molar-refractivity contribution in [2.75, 3.05) is 6.54 Å². The largest absolute Gasteiger partial charge is 0.276 e. The van der Waals surface area contributed by atoms with Crippen LogP contribution in [0.25, 0.3) is 0 Å². The lowest BCUT2D eigenvalue weighted by Gasteiger charge is -2.16. The topological polar surface area (TPSA) is 40.4 Å². The van der Waals surface area contributed by atoms with E-state index >= 15 is 0 Å². The summed E-state index contributed by atoms with van der Waals surface area (Å²) in [5, 5.41) is 2.78. The molecule has 3 rings (SSSR count). The van der Waals surface area contributed by atoms with Gasteiger partial charge >= 0.3 is 0 Å². The molecule has 4 heteroatoms. The predicted octanol–water partition coefficient (Wildman–Crippen LogP) is 0.905. The first-order valence-electron chi connectivity index (χ1n) is 5.31. The molecule has 1 aromatic carbocycles. The number of imide groups is 1. The van der Waals surface area contributed by atoms with Gasteiger partial charge in [0.15, 0.2) is 0 Å². The quantitative estimate of drug-likeness (QED) is 0.406. The van der Waals surface area contributed by atoms with Crippen LogP contribution in [0.2, 0.25) is 0 Å². The molecule has 84 valence electrons. The van der Waals surface area contributed by atoms with Crippen LogP contribution in [0.5, 0.6) is 0 Å². The Morgan fingerprint density at radius 1 is 1.24 bits per heavy atom. The lowest BCUT2D eigenvalue weighted by atomic mass is 10.1. The number of terminal acetylenes is 1. The van der Waals surface area contributed by atoms with Gasteiger partial charge in [0.25, 0.3) is 11.8 Å². The van der Waals surface area contributed by atoms with Gasteiger partial charge < -0.3 is 0 Å². The normalized spacial score (nSPS) is 30.1. The van der Waals surface area contributed by atoms with Crippen LogP contribution in [0.3, 0.4) is 0 Å². The van der Waals surface area contributed by atoms with Crippen LogP contribution in [0.4, 0.5) is 0 Å². The number of rotatable bonds is 1. The summed E-state index contributed by atoms with van der Waals surface area (Å²) in [6.45, 7) is 2.37. The van der Waals surface area contributed by atoms with Gasteiger partial charge in [-0.1, -0.05) is 18.1 Å². The van der Waals surface area contributed by atoms with E-state index in [1.807, 2.05) is 6.92 Å². The third kappa shape index (κ3) is 1.17. The zero-order chi connectivity index (χ0) is 12.2. The molecule has 0 spiro atoms. The molecule has 0 aromatic heterocycles. The maximum absolute atomic E-state index is 12.1. The van der Waals surface area contributed by atoms with E-state index in [0.717, 1.165) is 5.01 Å². The van der Waals surface area contributed by atoms with Crippen molar-refractivity contribution in [2.45, 2.75) is 12.5 Å².